The fourth-order valence-corrected chi connectivity index (χ4v) is 4.84. The van der Waals surface area contributed by atoms with E-state index in [1.807, 2.05) is 32.1 Å². The van der Waals surface area contributed by atoms with E-state index in [0.29, 0.717) is 27.7 Å². The fraction of sp³-hybridized carbons (Fsp3) is 0.143. The molecular weight excluding hydrogens is 452 g/mol. The second-order valence-electron chi connectivity index (χ2n) is 7.30. The van der Waals surface area contributed by atoms with E-state index < -0.39 is 15.8 Å². The first kappa shape index (κ1) is 22.3. The molecule has 0 saturated carbocycles. The van der Waals surface area contributed by atoms with Crippen LogP contribution in [0.15, 0.2) is 59.6 Å². The summed E-state index contributed by atoms with van der Waals surface area (Å²) in [5.41, 5.74) is 3.48. The second-order valence-corrected chi connectivity index (χ2v) is 9.45. The van der Waals surface area contributed by atoms with Crippen molar-refractivity contribution in [1.29, 1.82) is 0 Å². The summed E-state index contributed by atoms with van der Waals surface area (Å²) >= 11 is 6.35. The van der Waals surface area contributed by atoms with Crippen LogP contribution in [0.3, 0.4) is 0 Å². The van der Waals surface area contributed by atoms with Crippen molar-refractivity contribution in [3.63, 3.8) is 0 Å². The van der Waals surface area contributed by atoms with Gasteiger partial charge in [0.1, 0.15) is 19.5 Å². The van der Waals surface area contributed by atoms with Gasteiger partial charge in [0.2, 0.25) is 10.0 Å². The zero-order valence-corrected chi connectivity index (χ0v) is 19.0. The first-order valence-corrected chi connectivity index (χ1v) is 11.7. The number of benzene rings is 2. The van der Waals surface area contributed by atoms with Crippen molar-refractivity contribution in [2.75, 3.05) is 18.4 Å². The number of aromatic nitrogens is 3. The van der Waals surface area contributed by atoms with Gasteiger partial charge in [-0.3, -0.25) is 0 Å². The van der Waals surface area contributed by atoms with Crippen molar-refractivity contribution >= 4 is 46.4 Å². The maximum atomic E-state index is 13.5. The Balaban J connectivity index is 1.55. The molecule has 0 spiro atoms. The Morgan fingerprint density at radius 2 is 1.94 bits per heavy atom. The van der Waals surface area contributed by atoms with E-state index in [-0.39, 0.29) is 18.0 Å². The van der Waals surface area contributed by atoms with Gasteiger partial charge in [-0.2, -0.15) is 9.61 Å². The van der Waals surface area contributed by atoms with Crippen LogP contribution in [0, 0.1) is 12.7 Å². The Morgan fingerprint density at radius 1 is 1.16 bits per heavy atom. The molecular formula is C21H20BClFN5O2S. The third-order valence-corrected chi connectivity index (χ3v) is 6.89. The molecule has 0 amide bonds. The van der Waals surface area contributed by atoms with Crippen LogP contribution in [0.5, 0.6) is 0 Å². The summed E-state index contributed by atoms with van der Waals surface area (Å²) in [7, 11) is -1.94. The molecule has 0 fully saturated rings. The third-order valence-electron chi connectivity index (χ3n) is 4.96. The lowest BCUT2D eigenvalue weighted by atomic mass is 10.0. The van der Waals surface area contributed by atoms with Gasteiger partial charge in [-0.05, 0) is 36.1 Å². The molecule has 0 radical (unpaired) electrons. The van der Waals surface area contributed by atoms with Gasteiger partial charge in [0.15, 0.2) is 5.65 Å². The number of halogens is 2. The molecule has 11 heteroatoms. The summed E-state index contributed by atoms with van der Waals surface area (Å²) in [6.07, 6.45) is 1.71. The zero-order valence-electron chi connectivity index (χ0n) is 17.4. The Labute approximate surface area is 191 Å². The van der Waals surface area contributed by atoms with Gasteiger partial charge in [-0.25, -0.2) is 22.5 Å². The van der Waals surface area contributed by atoms with E-state index in [1.54, 1.807) is 23.7 Å². The van der Waals surface area contributed by atoms with Gasteiger partial charge in [0.25, 0.3) is 0 Å². The number of sulfonamides is 1. The molecule has 4 aromatic rings. The molecule has 0 aliphatic heterocycles. The Hall–Kier alpha value is -2.95. The van der Waals surface area contributed by atoms with E-state index in [4.69, 9.17) is 11.6 Å². The number of aryl methyl sites for hydroxylation is 1. The van der Waals surface area contributed by atoms with E-state index in [0.717, 1.165) is 17.1 Å². The van der Waals surface area contributed by atoms with Crippen LogP contribution in [-0.2, 0) is 10.0 Å². The number of nitrogens with zero attached hydrogens (tertiary/aromatic N) is 3. The maximum absolute atomic E-state index is 13.5. The lowest BCUT2D eigenvalue weighted by Crippen LogP contribution is -2.30. The van der Waals surface area contributed by atoms with Gasteiger partial charge in [0, 0.05) is 35.9 Å². The molecule has 0 aliphatic rings. The molecule has 2 aromatic heterocycles. The smallest absolute Gasteiger partial charge is 0.240 e. The fourth-order valence-electron chi connectivity index (χ4n) is 3.32. The molecule has 0 unspecified atom stereocenters. The lowest BCUT2D eigenvalue weighted by Gasteiger charge is -2.13. The minimum Gasteiger partial charge on any atom is -0.369 e. The van der Waals surface area contributed by atoms with Crippen molar-refractivity contribution in [2.45, 2.75) is 11.8 Å². The first-order chi connectivity index (χ1) is 15.3. The van der Waals surface area contributed by atoms with Gasteiger partial charge in [0.05, 0.1) is 10.6 Å². The van der Waals surface area contributed by atoms with E-state index in [2.05, 4.69) is 20.1 Å². The molecule has 4 rings (SSSR count). The highest BCUT2D eigenvalue weighted by molar-refractivity contribution is 7.89. The Morgan fingerprint density at radius 3 is 2.72 bits per heavy atom. The molecule has 32 heavy (non-hydrogen) atoms. The topological polar surface area (TPSA) is 88.4 Å². The highest BCUT2D eigenvalue weighted by Gasteiger charge is 2.17. The molecule has 2 heterocycles. The standard InChI is InChI=1S/C21H20BClFN5O2S/c1-13-6-7-14(24)10-19(13)32(30,31)27-9-8-25-20-11-18(15-4-2-3-5-17(15)23)28-21-16(22)12-26-29(20)21/h2-7,10-12,25,27H,8-9,22H2,1H3. The average molecular weight is 472 g/mol. The summed E-state index contributed by atoms with van der Waals surface area (Å²) in [6, 6.07) is 12.9. The van der Waals surface area contributed by atoms with Crippen molar-refractivity contribution < 1.29 is 12.8 Å². The predicted octanol–water partition coefficient (Wildman–Crippen LogP) is 2.15. The number of fused-ring (bicyclic) bond motifs is 1. The third kappa shape index (κ3) is 4.48. The molecule has 0 saturated heterocycles. The number of rotatable bonds is 7. The number of hydrogen-bond acceptors (Lipinski definition) is 5. The molecule has 0 bridgehead atoms. The molecule has 2 N–H and O–H groups in total. The highest BCUT2D eigenvalue weighted by Crippen LogP contribution is 2.28. The summed E-state index contributed by atoms with van der Waals surface area (Å²) < 4.78 is 42.8. The molecule has 0 atom stereocenters. The van der Waals surface area contributed by atoms with Crippen LogP contribution in [0.2, 0.25) is 5.02 Å². The summed E-state index contributed by atoms with van der Waals surface area (Å²) in [6.45, 7) is 1.98. The predicted molar refractivity (Wildman–Crippen MR) is 126 cm³/mol. The monoisotopic (exact) mass is 471 g/mol. The quantitative estimate of drug-likeness (QED) is 0.318. The highest BCUT2D eigenvalue weighted by atomic mass is 35.5. The van der Waals surface area contributed by atoms with E-state index in [1.165, 1.54) is 12.1 Å². The van der Waals surface area contributed by atoms with Crippen LogP contribution < -0.4 is 15.5 Å². The normalized spacial score (nSPS) is 11.7. The van der Waals surface area contributed by atoms with Crippen molar-refractivity contribution in [3.05, 3.63) is 71.1 Å². The maximum Gasteiger partial charge on any atom is 0.240 e. The first-order valence-electron chi connectivity index (χ1n) is 9.86. The average Bonchev–Trinajstić information content (AvgIpc) is 3.14. The van der Waals surface area contributed by atoms with Crippen molar-refractivity contribution in [3.8, 4) is 11.3 Å². The number of anilines is 1. The summed E-state index contributed by atoms with van der Waals surface area (Å²) in [5.74, 6) is 0.0357. The Bertz CT molecular complexity index is 1410. The van der Waals surface area contributed by atoms with Crippen molar-refractivity contribution in [1.82, 2.24) is 19.3 Å². The molecule has 0 aliphatic carbocycles. The molecule has 7 nitrogen and oxygen atoms in total. The van der Waals surface area contributed by atoms with Crippen LogP contribution in [0.4, 0.5) is 10.2 Å². The van der Waals surface area contributed by atoms with Crippen LogP contribution in [0.1, 0.15) is 5.56 Å². The zero-order chi connectivity index (χ0) is 22.9. The largest absolute Gasteiger partial charge is 0.369 e. The lowest BCUT2D eigenvalue weighted by molar-refractivity contribution is 0.578. The van der Waals surface area contributed by atoms with E-state index >= 15 is 0 Å². The molecule has 164 valence electrons. The van der Waals surface area contributed by atoms with Gasteiger partial charge < -0.3 is 5.32 Å². The van der Waals surface area contributed by atoms with Crippen LogP contribution >= 0.6 is 11.6 Å². The second kappa shape index (κ2) is 8.89. The number of nitrogens with one attached hydrogen (secondary N) is 2. The van der Waals surface area contributed by atoms with Crippen molar-refractivity contribution in [2.24, 2.45) is 0 Å². The van der Waals surface area contributed by atoms with Crippen LogP contribution in [-0.4, -0.2) is 44.0 Å². The Kier molecular flexibility index (Phi) is 6.18. The van der Waals surface area contributed by atoms with Crippen LogP contribution in [0.25, 0.3) is 16.9 Å². The summed E-state index contributed by atoms with van der Waals surface area (Å²) in [4.78, 5) is 4.60. The van der Waals surface area contributed by atoms with Gasteiger partial charge in [-0.1, -0.05) is 35.9 Å². The molecule has 2 aromatic carbocycles. The minimum atomic E-state index is -3.85. The van der Waals surface area contributed by atoms with Gasteiger partial charge >= 0.3 is 0 Å². The SMILES string of the molecule is Bc1cnn2c(NCCNS(=O)(=O)c3cc(F)ccc3C)cc(-c3ccccc3Cl)nc12. The minimum absolute atomic E-state index is 0.0764. The van der Waals surface area contributed by atoms with Gasteiger partial charge in [-0.15, -0.1) is 0 Å². The number of hydrogen-bond donors (Lipinski definition) is 2. The summed E-state index contributed by atoms with van der Waals surface area (Å²) in [5, 5.41) is 8.12. The van der Waals surface area contributed by atoms with E-state index in [9.17, 15) is 12.8 Å².